The molecule has 0 radical (unpaired) electrons. The minimum atomic E-state index is -0.767. The van der Waals surface area contributed by atoms with Crippen molar-refractivity contribution in [1.29, 1.82) is 0 Å². The molecule has 0 spiro atoms. The summed E-state index contributed by atoms with van der Waals surface area (Å²) in [5.41, 5.74) is 1.72. The van der Waals surface area contributed by atoms with E-state index in [4.69, 9.17) is 5.11 Å². The first kappa shape index (κ1) is 19.7. The molecule has 1 aromatic rings. The Balaban J connectivity index is 1.65. The first-order valence-electron chi connectivity index (χ1n) is 10.1. The Morgan fingerprint density at radius 2 is 1.67 bits per heavy atom. The molecule has 6 nitrogen and oxygen atoms in total. The van der Waals surface area contributed by atoms with Crippen molar-refractivity contribution in [1.82, 2.24) is 9.80 Å². The molecule has 1 saturated heterocycles. The lowest BCUT2D eigenvalue weighted by atomic mass is 9.80. The van der Waals surface area contributed by atoms with Gasteiger partial charge in [-0.05, 0) is 31.9 Å². The van der Waals surface area contributed by atoms with E-state index in [2.05, 4.69) is 41.4 Å². The van der Waals surface area contributed by atoms with Gasteiger partial charge >= 0.3 is 5.97 Å². The standard InChI is InChI=1S/C21H31N3O3/c1-17-5-7-18(8-6-17)22-21(10-3-2-4-11-21)20(27)24-15-13-23(14-16-24)12-9-19(25)26/h5-8,22H,2-4,9-16H2,1H3,(H,25,26). The number of anilines is 1. The van der Waals surface area contributed by atoms with Crippen molar-refractivity contribution in [3.05, 3.63) is 29.8 Å². The number of hydrogen-bond donors (Lipinski definition) is 2. The molecule has 0 atom stereocenters. The summed E-state index contributed by atoms with van der Waals surface area (Å²) >= 11 is 0. The number of carboxylic acids is 1. The summed E-state index contributed by atoms with van der Waals surface area (Å²) < 4.78 is 0. The lowest BCUT2D eigenvalue weighted by Crippen LogP contribution is -2.59. The van der Waals surface area contributed by atoms with Crippen LogP contribution in [0, 0.1) is 6.92 Å². The van der Waals surface area contributed by atoms with Crippen LogP contribution >= 0.6 is 0 Å². The van der Waals surface area contributed by atoms with E-state index in [9.17, 15) is 9.59 Å². The Hall–Kier alpha value is -2.08. The number of piperazine rings is 1. The van der Waals surface area contributed by atoms with Crippen molar-refractivity contribution < 1.29 is 14.7 Å². The molecule has 27 heavy (non-hydrogen) atoms. The van der Waals surface area contributed by atoms with Crippen molar-refractivity contribution in [2.45, 2.75) is 51.0 Å². The number of nitrogens with one attached hydrogen (secondary N) is 1. The molecule has 6 heteroatoms. The minimum Gasteiger partial charge on any atom is -0.481 e. The third-order valence-corrected chi connectivity index (χ3v) is 5.85. The van der Waals surface area contributed by atoms with Crippen LogP contribution in [0.15, 0.2) is 24.3 Å². The molecule has 0 aromatic heterocycles. The average Bonchev–Trinajstić information content (AvgIpc) is 2.69. The number of benzene rings is 1. The van der Waals surface area contributed by atoms with E-state index in [-0.39, 0.29) is 12.3 Å². The molecule has 148 valence electrons. The average molecular weight is 373 g/mol. The molecule has 1 heterocycles. The molecule has 1 aromatic carbocycles. The van der Waals surface area contributed by atoms with Gasteiger partial charge < -0.3 is 15.3 Å². The summed E-state index contributed by atoms with van der Waals surface area (Å²) in [6.45, 7) is 5.48. The Bertz CT molecular complexity index is 645. The third-order valence-electron chi connectivity index (χ3n) is 5.85. The van der Waals surface area contributed by atoms with E-state index >= 15 is 0 Å². The number of hydrogen-bond acceptors (Lipinski definition) is 4. The number of carboxylic acid groups (broad SMARTS) is 1. The van der Waals surface area contributed by atoms with Gasteiger partial charge in [-0.2, -0.15) is 0 Å². The maximum atomic E-state index is 13.5. The smallest absolute Gasteiger partial charge is 0.304 e. The fourth-order valence-corrected chi connectivity index (χ4v) is 4.19. The lowest BCUT2D eigenvalue weighted by molar-refractivity contribution is -0.140. The molecule has 2 N–H and O–H groups in total. The van der Waals surface area contributed by atoms with Crippen LogP contribution in [0.5, 0.6) is 0 Å². The molecular weight excluding hydrogens is 342 g/mol. The number of amides is 1. The van der Waals surface area contributed by atoms with E-state index in [0.717, 1.165) is 44.5 Å². The minimum absolute atomic E-state index is 0.160. The van der Waals surface area contributed by atoms with Crippen LogP contribution in [0.2, 0.25) is 0 Å². The second-order valence-corrected chi connectivity index (χ2v) is 7.91. The van der Waals surface area contributed by atoms with Crippen LogP contribution in [-0.4, -0.2) is 65.0 Å². The lowest BCUT2D eigenvalue weighted by Gasteiger charge is -2.43. The fraction of sp³-hybridized carbons (Fsp3) is 0.619. The second-order valence-electron chi connectivity index (χ2n) is 7.91. The number of carbonyl (C=O) groups is 2. The van der Waals surface area contributed by atoms with E-state index in [1.54, 1.807) is 0 Å². The van der Waals surface area contributed by atoms with Crippen LogP contribution in [0.1, 0.15) is 44.1 Å². The van der Waals surface area contributed by atoms with Crippen LogP contribution in [0.4, 0.5) is 5.69 Å². The van der Waals surface area contributed by atoms with Gasteiger partial charge in [0.1, 0.15) is 5.54 Å². The van der Waals surface area contributed by atoms with Crippen LogP contribution in [-0.2, 0) is 9.59 Å². The molecule has 3 rings (SSSR count). The number of aliphatic carboxylic acids is 1. The summed E-state index contributed by atoms with van der Waals surface area (Å²) in [6.07, 6.45) is 5.24. The van der Waals surface area contributed by atoms with E-state index in [1.165, 1.54) is 12.0 Å². The zero-order chi connectivity index (χ0) is 19.3. The van der Waals surface area contributed by atoms with Crippen molar-refractivity contribution in [2.24, 2.45) is 0 Å². The summed E-state index contributed by atoms with van der Waals surface area (Å²) in [4.78, 5) is 28.3. The molecule has 1 aliphatic heterocycles. The fourth-order valence-electron chi connectivity index (χ4n) is 4.19. The van der Waals surface area contributed by atoms with E-state index in [1.807, 2.05) is 4.90 Å². The van der Waals surface area contributed by atoms with E-state index < -0.39 is 11.5 Å². The van der Waals surface area contributed by atoms with Gasteiger partial charge in [0.15, 0.2) is 0 Å². The zero-order valence-electron chi connectivity index (χ0n) is 16.2. The Morgan fingerprint density at radius 3 is 2.26 bits per heavy atom. The Morgan fingerprint density at radius 1 is 1.04 bits per heavy atom. The number of rotatable bonds is 6. The number of carbonyl (C=O) groups excluding carboxylic acids is 1. The third kappa shape index (κ3) is 5.01. The number of aryl methyl sites for hydroxylation is 1. The summed E-state index contributed by atoms with van der Waals surface area (Å²) in [7, 11) is 0. The van der Waals surface area contributed by atoms with Crippen molar-refractivity contribution in [2.75, 3.05) is 38.0 Å². The molecule has 2 aliphatic rings. The van der Waals surface area contributed by atoms with Gasteiger partial charge in [0, 0.05) is 38.4 Å². The maximum absolute atomic E-state index is 13.5. The molecule has 0 unspecified atom stereocenters. The summed E-state index contributed by atoms with van der Waals surface area (Å²) in [5.74, 6) is -0.558. The second kappa shape index (κ2) is 8.74. The monoisotopic (exact) mass is 373 g/mol. The van der Waals surface area contributed by atoms with Gasteiger partial charge in [0.05, 0.1) is 6.42 Å². The first-order chi connectivity index (χ1) is 13.0. The van der Waals surface area contributed by atoms with Crippen molar-refractivity contribution in [3.8, 4) is 0 Å². The SMILES string of the molecule is Cc1ccc(NC2(C(=O)N3CCN(CCC(=O)O)CC3)CCCCC2)cc1. The predicted molar refractivity (Wildman–Crippen MR) is 106 cm³/mol. The van der Waals surface area contributed by atoms with Gasteiger partial charge in [0.25, 0.3) is 0 Å². The zero-order valence-corrected chi connectivity index (χ0v) is 16.2. The van der Waals surface area contributed by atoms with Crippen LogP contribution in [0.25, 0.3) is 0 Å². The highest BCUT2D eigenvalue weighted by Crippen LogP contribution is 2.34. The molecular formula is C21H31N3O3. The highest BCUT2D eigenvalue weighted by Gasteiger charge is 2.42. The summed E-state index contributed by atoms with van der Waals surface area (Å²) in [5, 5.41) is 12.4. The van der Waals surface area contributed by atoms with E-state index in [0.29, 0.717) is 19.6 Å². The highest BCUT2D eigenvalue weighted by molar-refractivity contribution is 5.89. The predicted octanol–water partition coefficient (Wildman–Crippen LogP) is 2.73. The van der Waals surface area contributed by atoms with Crippen molar-refractivity contribution in [3.63, 3.8) is 0 Å². The molecule has 1 saturated carbocycles. The first-order valence-corrected chi connectivity index (χ1v) is 10.1. The van der Waals surface area contributed by atoms with Gasteiger partial charge in [-0.25, -0.2) is 0 Å². The molecule has 1 aliphatic carbocycles. The largest absolute Gasteiger partial charge is 0.481 e. The van der Waals surface area contributed by atoms with Gasteiger partial charge in [-0.1, -0.05) is 37.0 Å². The quantitative estimate of drug-likeness (QED) is 0.802. The molecule has 1 amide bonds. The summed E-state index contributed by atoms with van der Waals surface area (Å²) in [6, 6.07) is 8.26. The van der Waals surface area contributed by atoms with Crippen LogP contribution < -0.4 is 5.32 Å². The maximum Gasteiger partial charge on any atom is 0.304 e. The Kier molecular flexibility index (Phi) is 6.37. The Labute approximate surface area is 161 Å². The molecule has 0 bridgehead atoms. The number of nitrogens with zero attached hydrogens (tertiary/aromatic N) is 2. The van der Waals surface area contributed by atoms with Crippen LogP contribution in [0.3, 0.4) is 0 Å². The highest BCUT2D eigenvalue weighted by atomic mass is 16.4. The van der Waals surface area contributed by atoms with Crippen molar-refractivity contribution >= 4 is 17.6 Å². The topological polar surface area (TPSA) is 72.9 Å². The van der Waals surface area contributed by atoms with Gasteiger partial charge in [-0.15, -0.1) is 0 Å². The molecule has 2 fully saturated rings. The van der Waals surface area contributed by atoms with Gasteiger partial charge in [-0.3, -0.25) is 14.5 Å². The van der Waals surface area contributed by atoms with Gasteiger partial charge in [0.2, 0.25) is 5.91 Å². The normalized spacial score (nSPS) is 20.3.